The number of hydrogen-bond acceptors (Lipinski definition) is 2. The Balaban J connectivity index is 2.18. The van der Waals surface area contributed by atoms with Gasteiger partial charge in [0.25, 0.3) is 0 Å². The molecule has 2 rings (SSSR count). The van der Waals surface area contributed by atoms with Crippen LogP contribution in [0.5, 0.6) is 5.75 Å². The van der Waals surface area contributed by atoms with Crippen molar-refractivity contribution < 1.29 is 9.53 Å². The molecule has 0 heterocycles. The molecule has 18 heavy (non-hydrogen) atoms. The normalized spacial score (nSPS) is 27.2. The fraction of sp³-hybridized carbons (Fsp3) is 0.562. The molecule has 0 saturated heterocycles. The van der Waals surface area contributed by atoms with E-state index in [0.717, 1.165) is 12.2 Å². The Morgan fingerprint density at radius 2 is 2.06 bits per heavy atom. The summed E-state index contributed by atoms with van der Waals surface area (Å²) in [5, 5.41) is 0. The minimum absolute atomic E-state index is 0.0369. The van der Waals surface area contributed by atoms with Gasteiger partial charge in [-0.25, -0.2) is 0 Å². The molecule has 0 aromatic heterocycles. The topological polar surface area (TPSA) is 26.3 Å². The second-order valence-electron chi connectivity index (χ2n) is 5.70. The van der Waals surface area contributed by atoms with Gasteiger partial charge in [-0.2, -0.15) is 0 Å². The maximum absolute atomic E-state index is 11.7. The van der Waals surface area contributed by atoms with Crippen LogP contribution in [0, 0.1) is 5.41 Å². The zero-order valence-electron chi connectivity index (χ0n) is 11.7. The lowest BCUT2D eigenvalue weighted by molar-refractivity contribution is -0.150. The quantitative estimate of drug-likeness (QED) is 0.804. The summed E-state index contributed by atoms with van der Waals surface area (Å²) < 4.78 is 6.10. The van der Waals surface area contributed by atoms with E-state index < -0.39 is 0 Å². The second kappa shape index (κ2) is 4.75. The molecule has 2 nitrogen and oxygen atoms in total. The summed E-state index contributed by atoms with van der Waals surface area (Å²) in [5.41, 5.74) is 0.930. The molecule has 2 heteroatoms. The lowest BCUT2D eigenvalue weighted by atomic mass is 9.64. The summed E-state index contributed by atoms with van der Waals surface area (Å²) in [6.45, 7) is 8.39. The summed E-state index contributed by atoms with van der Waals surface area (Å²) >= 11 is 0. The van der Waals surface area contributed by atoms with Gasteiger partial charge in [-0.3, -0.25) is 4.79 Å². The summed E-state index contributed by atoms with van der Waals surface area (Å²) in [4.78, 5) is 11.7. The van der Waals surface area contributed by atoms with Gasteiger partial charge in [0.05, 0.1) is 5.41 Å². The largest absolute Gasteiger partial charge is 0.489 e. The van der Waals surface area contributed by atoms with Gasteiger partial charge in [0, 0.05) is 6.42 Å². The molecule has 1 fully saturated rings. The van der Waals surface area contributed by atoms with Crippen molar-refractivity contribution in [3.8, 4) is 5.75 Å². The van der Waals surface area contributed by atoms with E-state index in [2.05, 4.69) is 26.8 Å². The van der Waals surface area contributed by atoms with Gasteiger partial charge >= 0.3 is 0 Å². The highest BCUT2D eigenvalue weighted by Crippen LogP contribution is 2.43. The van der Waals surface area contributed by atoms with Crippen molar-refractivity contribution in [1.82, 2.24) is 0 Å². The molecule has 1 aromatic carbocycles. The van der Waals surface area contributed by atoms with E-state index in [4.69, 9.17) is 4.74 Å². The second-order valence-corrected chi connectivity index (χ2v) is 5.70. The lowest BCUT2D eigenvalue weighted by Gasteiger charge is -2.44. The molecule has 1 aliphatic carbocycles. The number of ketones is 1. The Bertz CT molecular complexity index is 450. The predicted molar refractivity (Wildman–Crippen MR) is 73.0 cm³/mol. The van der Waals surface area contributed by atoms with Crippen molar-refractivity contribution >= 4 is 5.78 Å². The first-order chi connectivity index (χ1) is 8.49. The minimum Gasteiger partial charge on any atom is -0.489 e. The molecule has 2 atom stereocenters. The number of Topliss-reactive ketones (excluding diaryl/α,β-unsaturated/α-hetero) is 1. The summed E-state index contributed by atoms with van der Waals surface area (Å²) in [5.74, 6) is 1.70. The van der Waals surface area contributed by atoms with E-state index in [1.807, 2.05) is 25.1 Å². The van der Waals surface area contributed by atoms with E-state index in [1.54, 1.807) is 0 Å². The van der Waals surface area contributed by atoms with E-state index in [9.17, 15) is 4.79 Å². The Morgan fingerprint density at radius 1 is 1.39 bits per heavy atom. The maximum atomic E-state index is 11.7. The number of carbonyl (C=O) groups is 1. The van der Waals surface area contributed by atoms with Gasteiger partial charge in [-0.05, 0) is 30.9 Å². The van der Waals surface area contributed by atoms with Crippen LogP contribution >= 0.6 is 0 Å². The molecule has 0 spiro atoms. The molecule has 0 aliphatic heterocycles. The number of rotatable bonds is 4. The number of benzene rings is 1. The Morgan fingerprint density at radius 3 is 2.61 bits per heavy atom. The minimum atomic E-state index is -0.288. The van der Waals surface area contributed by atoms with Crippen molar-refractivity contribution in [2.75, 3.05) is 0 Å². The van der Waals surface area contributed by atoms with Gasteiger partial charge in [0.1, 0.15) is 17.6 Å². The molecule has 1 aromatic rings. The highest BCUT2D eigenvalue weighted by Gasteiger charge is 2.51. The zero-order valence-corrected chi connectivity index (χ0v) is 11.7. The van der Waals surface area contributed by atoms with Crippen LogP contribution in [0.1, 0.15) is 52.0 Å². The molecule has 0 N–H and O–H groups in total. The molecule has 1 saturated carbocycles. The van der Waals surface area contributed by atoms with Gasteiger partial charge < -0.3 is 4.74 Å². The fourth-order valence-corrected chi connectivity index (χ4v) is 2.49. The molecule has 1 aliphatic rings. The fourth-order valence-electron chi connectivity index (χ4n) is 2.49. The SMILES string of the molecule is CCC1(C)C(=O)CC1Oc1ccccc1C(C)C. The van der Waals surface area contributed by atoms with Gasteiger partial charge in [0.15, 0.2) is 0 Å². The first-order valence-electron chi connectivity index (χ1n) is 6.78. The van der Waals surface area contributed by atoms with Gasteiger partial charge in [-0.1, -0.05) is 39.0 Å². The van der Waals surface area contributed by atoms with Crippen LogP contribution in [0.4, 0.5) is 0 Å². The van der Waals surface area contributed by atoms with Crippen LogP contribution in [0.25, 0.3) is 0 Å². The third-order valence-electron chi connectivity index (χ3n) is 4.26. The van der Waals surface area contributed by atoms with E-state index in [-0.39, 0.29) is 11.5 Å². The molecule has 98 valence electrons. The monoisotopic (exact) mass is 246 g/mol. The van der Waals surface area contributed by atoms with E-state index in [0.29, 0.717) is 18.1 Å². The van der Waals surface area contributed by atoms with Crippen LogP contribution in [0.3, 0.4) is 0 Å². The van der Waals surface area contributed by atoms with E-state index >= 15 is 0 Å². The van der Waals surface area contributed by atoms with Crippen molar-refractivity contribution in [1.29, 1.82) is 0 Å². The van der Waals surface area contributed by atoms with Crippen molar-refractivity contribution in [2.45, 2.75) is 52.6 Å². The Labute approximate surface area is 109 Å². The highest BCUT2D eigenvalue weighted by molar-refractivity contribution is 5.92. The van der Waals surface area contributed by atoms with Crippen LogP contribution in [-0.2, 0) is 4.79 Å². The molecular weight excluding hydrogens is 224 g/mol. The maximum Gasteiger partial charge on any atom is 0.146 e. The average Bonchev–Trinajstić information content (AvgIpc) is 2.37. The Hall–Kier alpha value is -1.31. The third-order valence-corrected chi connectivity index (χ3v) is 4.26. The molecular formula is C16H22O2. The van der Waals surface area contributed by atoms with Gasteiger partial charge in [0.2, 0.25) is 0 Å². The molecule has 2 unspecified atom stereocenters. The average molecular weight is 246 g/mol. The standard InChI is InChI=1S/C16H22O2/c1-5-16(4)14(17)10-15(16)18-13-9-7-6-8-12(13)11(2)3/h6-9,11,15H,5,10H2,1-4H3. The van der Waals surface area contributed by atoms with Crippen LogP contribution in [-0.4, -0.2) is 11.9 Å². The van der Waals surface area contributed by atoms with Crippen molar-refractivity contribution in [3.63, 3.8) is 0 Å². The number of para-hydroxylation sites is 1. The number of ether oxygens (including phenoxy) is 1. The third kappa shape index (κ3) is 2.05. The number of hydrogen-bond donors (Lipinski definition) is 0. The van der Waals surface area contributed by atoms with Crippen molar-refractivity contribution in [3.05, 3.63) is 29.8 Å². The molecule has 0 bridgehead atoms. The van der Waals surface area contributed by atoms with Gasteiger partial charge in [-0.15, -0.1) is 0 Å². The first kappa shape index (κ1) is 13.1. The predicted octanol–water partition coefficient (Wildman–Crippen LogP) is 3.95. The molecule has 0 radical (unpaired) electrons. The summed E-state index contributed by atoms with van der Waals surface area (Å²) in [7, 11) is 0. The van der Waals surface area contributed by atoms with Crippen molar-refractivity contribution in [2.24, 2.45) is 5.41 Å². The summed E-state index contributed by atoms with van der Waals surface area (Å²) in [6, 6.07) is 8.14. The zero-order chi connectivity index (χ0) is 13.3. The van der Waals surface area contributed by atoms with Crippen LogP contribution in [0.15, 0.2) is 24.3 Å². The van der Waals surface area contributed by atoms with Crippen LogP contribution < -0.4 is 4.74 Å². The number of carbonyl (C=O) groups excluding carboxylic acids is 1. The smallest absolute Gasteiger partial charge is 0.146 e. The van der Waals surface area contributed by atoms with Crippen LogP contribution in [0.2, 0.25) is 0 Å². The summed E-state index contributed by atoms with van der Waals surface area (Å²) in [6.07, 6.45) is 1.44. The Kier molecular flexibility index (Phi) is 3.47. The first-order valence-corrected chi connectivity index (χ1v) is 6.78. The highest BCUT2D eigenvalue weighted by atomic mass is 16.5. The molecule has 0 amide bonds. The lowest BCUT2D eigenvalue weighted by Crippen LogP contribution is -2.54. The van der Waals surface area contributed by atoms with E-state index in [1.165, 1.54) is 5.56 Å².